The number of rotatable bonds is 11. The maximum absolute atomic E-state index is 2.37. The summed E-state index contributed by atoms with van der Waals surface area (Å²) in [6.07, 6.45) is 8.49. The second-order valence-electron chi connectivity index (χ2n) is 5.91. The summed E-state index contributed by atoms with van der Waals surface area (Å²) in [5.41, 5.74) is 0. The van der Waals surface area contributed by atoms with Crippen molar-refractivity contribution in [2.75, 3.05) is 0 Å². The number of benzene rings is 1. The zero-order valence-corrected chi connectivity index (χ0v) is 17.3. The van der Waals surface area contributed by atoms with Gasteiger partial charge < -0.3 is 0 Å². The fraction of sp³-hybridized carbons (Fsp3) is 0.667. The summed E-state index contributed by atoms with van der Waals surface area (Å²) < 4.78 is 4.76. The van der Waals surface area contributed by atoms with Crippen molar-refractivity contribution < 1.29 is 0 Å². The van der Waals surface area contributed by atoms with Gasteiger partial charge in [0.15, 0.2) is 0 Å². The van der Waals surface area contributed by atoms with Crippen LogP contribution in [0, 0.1) is 0 Å². The van der Waals surface area contributed by atoms with Crippen LogP contribution in [0.15, 0.2) is 35.2 Å². The van der Waals surface area contributed by atoms with E-state index in [2.05, 4.69) is 60.0 Å². The molecule has 2 heteroatoms. The number of unbranched alkanes of at least 4 members (excludes halogenated alkanes) is 3. The van der Waals surface area contributed by atoms with E-state index in [4.69, 9.17) is 0 Å². The molecule has 1 aromatic rings. The number of hydrogen-bond donors (Lipinski definition) is 0. The summed E-state index contributed by atoms with van der Waals surface area (Å²) >= 11 is -2.03. The quantitative estimate of drug-likeness (QED) is 0.357. The van der Waals surface area contributed by atoms with Crippen molar-refractivity contribution in [2.45, 2.75) is 77.5 Å². The molecule has 20 heavy (non-hydrogen) atoms. The first-order valence-electron chi connectivity index (χ1n) is 8.50. The van der Waals surface area contributed by atoms with Crippen LogP contribution in [0.3, 0.4) is 0 Å². The van der Waals surface area contributed by atoms with Crippen molar-refractivity contribution in [1.29, 1.82) is 0 Å². The van der Waals surface area contributed by atoms with Gasteiger partial charge >= 0.3 is 134 Å². The Kier molecular flexibility index (Phi) is 10.1. The first-order chi connectivity index (χ1) is 9.76. The van der Waals surface area contributed by atoms with Crippen LogP contribution in [0.4, 0.5) is 0 Å². The van der Waals surface area contributed by atoms with Crippen LogP contribution >= 0.6 is 8.95 Å². The van der Waals surface area contributed by atoms with E-state index in [-0.39, 0.29) is 0 Å². The van der Waals surface area contributed by atoms with E-state index in [0.29, 0.717) is 0 Å². The monoisotopic (exact) mass is 400 g/mol. The minimum absolute atomic E-state index is 1.37. The molecule has 0 aliphatic carbocycles. The van der Waals surface area contributed by atoms with Gasteiger partial charge in [-0.3, -0.25) is 0 Å². The SMILES string of the molecule is CCC[CH2][Sn]([CH2]CCC)([CH2]CCC)[S]c1ccccc1. The third kappa shape index (κ3) is 6.89. The molecule has 0 atom stereocenters. The summed E-state index contributed by atoms with van der Waals surface area (Å²) in [7, 11) is 2.37. The zero-order chi connectivity index (χ0) is 14.7. The average Bonchev–Trinajstić information content (AvgIpc) is 2.49. The fourth-order valence-corrected chi connectivity index (χ4v) is 25.5. The Morgan fingerprint density at radius 3 is 1.60 bits per heavy atom. The molecule has 0 heterocycles. The molecule has 0 unspecified atom stereocenters. The van der Waals surface area contributed by atoms with Crippen molar-refractivity contribution in [3.63, 3.8) is 0 Å². The van der Waals surface area contributed by atoms with Crippen molar-refractivity contribution in [3.8, 4) is 0 Å². The van der Waals surface area contributed by atoms with E-state index in [1.807, 2.05) is 0 Å². The molecule has 1 rings (SSSR count). The Morgan fingerprint density at radius 1 is 0.750 bits per heavy atom. The van der Waals surface area contributed by atoms with Gasteiger partial charge in [0, 0.05) is 0 Å². The van der Waals surface area contributed by atoms with E-state index in [1.54, 1.807) is 18.2 Å². The van der Waals surface area contributed by atoms with Crippen LogP contribution in [0.2, 0.25) is 13.3 Å². The molecule has 0 radical (unpaired) electrons. The van der Waals surface area contributed by atoms with E-state index < -0.39 is 17.0 Å². The third-order valence-corrected chi connectivity index (χ3v) is 25.6. The molecule has 0 saturated carbocycles. The van der Waals surface area contributed by atoms with Gasteiger partial charge in [0.05, 0.1) is 0 Å². The second kappa shape index (κ2) is 11.0. The van der Waals surface area contributed by atoms with Gasteiger partial charge in [-0.05, 0) is 0 Å². The molecular weight excluding hydrogens is 367 g/mol. The van der Waals surface area contributed by atoms with Gasteiger partial charge in [-0.25, -0.2) is 0 Å². The van der Waals surface area contributed by atoms with E-state index >= 15 is 0 Å². The predicted octanol–water partition coefficient (Wildman–Crippen LogP) is 7.12. The molecule has 0 saturated heterocycles. The molecule has 0 amide bonds. The van der Waals surface area contributed by atoms with Crippen molar-refractivity contribution >= 4 is 25.9 Å². The van der Waals surface area contributed by atoms with Crippen LogP contribution in [-0.2, 0) is 0 Å². The van der Waals surface area contributed by atoms with Crippen LogP contribution in [0.5, 0.6) is 0 Å². The van der Waals surface area contributed by atoms with Gasteiger partial charge in [0.2, 0.25) is 0 Å². The van der Waals surface area contributed by atoms with Crippen molar-refractivity contribution in [1.82, 2.24) is 0 Å². The zero-order valence-electron chi connectivity index (χ0n) is 13.7. The second-order valence-corrected chi connectivity index (χ2v) is 25.2. The normalized spacial score (nSPS) is 11.8. The molecule has 114 valence electrons. The van der Waals surface area contributed by atoms with E-state index in [9.17, 15) is 0 Å². The molecule has 0 aliphatic heterocycles. The van der Waals surface area contributed by atoms with E-state index in [0.717, 1.165) is 0 Å². The third-order valence-electron chi connectivity index (χ3n) is 4.04. The predicted molar refractivity (Wildman–Crippen MR) is 97.2 cm³/mol. The molecule has 1 aromatic carbocycles. The van der Waals surface area contributed by atoms with E-state index in [1.165, 1.54) is 38.5 Å². The van der Waals surface area contributed by atoms with Crippen LogP contribution in [0.1, 0.15) is 59.3 Å². The van der Waals surface area contributed by atoms with Gasteiger partial charge in [0.1, 0.15) is 0 Å². The van der Waals surface area contributed by atoms with Gasteiger partial charge in [0.25, 0.3) is 0 Å². The molecule has 0 bridgehead atoms. The van der Waals surface area contributed by atoms with Gasteiger partial charge in [-0.2, -0.15) is 0 Å². The fourth-order valence-electron chi connectivity index (χ4n) is 2.76. The Hall–Kier alpha value is 0.369. The summed E-state index contributed by atoms with van der Waals surface area (Å²) in [4.78, 5) is 1.55. The molecule has 0 aromatic heterocycles. The van der Waals surface area contributed by atoms with Crippen molar-refractivity contribution in [2.24, 2.45) is 0 Å². The Morgan fingerprint density at radius 2 is 1.20 bits per heavy atom. The first-order valence-corrected chi connectivity index (χ1v) is 18.9. The van der Waals surface area contributed by atoms with Crippen molar-refractivity contribution in [3.05, 3.63) is 30.3 Å². The molecule has 0 fully saturated rings. The Labute approximate surface area is 133 Å². The van der Waals surface area contributed by atoms with Crippen LogP contribution in [-0.4, -0.2) is 17.0 Å². The molecule has 0 spiro atoms. The first kappa shape index (κ1) is 18.4. The maximum atomic E-state index is 2.37. The number of hydrogen-bond acceptors (Lipinski definition) is 1. The van der Waals surface area contributed by atoms with Crippen LogP contribution in [0.25, 0.3) is 0 Å². The summed E-state index contributed by atoms with van der Waals surface area (Å²) in [6.45, 7) is 7.05. The molecular formula is C18H32SSn. The van der Waals surface area contributed by atoms with Gasteiger partial charge in [-0.1, -0.05) is 0 Å². The average molecular weight is 399 g/mol. The summed E-state index contributed by atoms with van der Waals surface area (Å²) in [5.74, 6) is 0. The Bertz CT molecular complexity index is 315. The summed E-state index contributed by atoms with van der Waals surface area (Å²) in [6, 6.07) is 11.2. The Balaban J connectivity index is 2.81. The molecule has 0 N–H and O–H groups in total. The summed E-state index contributed by atoms with van der Waals surface area (Å²) in [5, 5.41) is 0. The molecule has 0 nitrogen and oxygen atoms in total. The van der Waals surface area contributed by atoms with Gasteiger partial charge in [-0.15, -0.1) is 0 Å². The van der Waals surface area contributed by atoms with Crippen LogP contribution < -0.4 is 0 Å². The molecule has 0 aliphatic rings. The topological polar surface area (TPSA) is 0 Å². The standard InChI is InChI=1S/C6H6S.3C4H9.Sn/c7-6-4-2-1-3-5-6;3*1-3-4-2;/h1-5,7H;3*1,3-4H2,2H3;/q;;;;+1/p-1. The minimum atomic E-state index is -2.03.